The minimum Gasteiger partial charge on any atom is -0.481 e. The van der Waals surface area contributed by atoms with Gasteiger partial charge in [-0.2, -0.15) is 0 Å². The zero-order chi connectivity index (χ0) is 14.2. The second-order valence-electron chi connectivity index (χ2n) is 4.26. The lowest BCUT2D eigenvalue weighted by Gasteiger charge is -2.08. The fourth-order valence-corrected chi connectivity index (χ4v) is 2.01. The number of carboxylic acid groups (broad SMARTS) is 1. The highest BCUT2D eigenvalue weighted by atomic mass is 19.1. The molecule has 1 aromatic carbocycles. The van der Waals surface area contributed by atoms with Crippen molar-refractivity contribution in [1.82, 2.24) is 4.98 Å². The third-order valence-electron chi connectivity index (χ3n) is 2.93. The van der Waals surface area contributed by atoms with Gasteiger partial charge in [0.25, 0.3) is 0 Å². The van der Waals surface area contributed by atoms with Crippen LogP contribution in [0.15, 0.2) is 16.9 Å². The molecule has 1 heterocycles. The number of aryl methyl sites for hydroxylation is 1. The number of carboxylic acids is 1. The van der Waals surface area contributed by atoms with E-state index in [1.807, 2.05) is 0 Å². The molecule has 0 saturated heterocycles. The summed E-state index contributed by atoms with van der Waals surface area (Å²) in [5.74, 6) is -2.73. The maximum absolute atomic E-state index is 13.5. The number of rotatable bonds is 3. The summed E-state index contributed by atoms with van der Waals surface area (Å²) >= 11 is 0. The van der Waals surface area contributed by atoms with Crippen molar-refractivity contribution in [1.29, 1.82) is 0 Å². The Hall–Kier alpha value is -2.24. The number of nitrogens with one attached hydrogen (secondary N) is 1. The summed E-state index contributed by atoms with van der Waals surface area (Å²) in [7, 11) is 0. The van der Waals surface area contributed by atoms with Crippen LogP contribution in [0.4, 0.5) is 8.78 Å². The Morgan fingerprint density at radius 1 is 1.37 bits per heavy atom. The molecule has 100 valence electrons. The summed E-state index contributed by atoms with van der Waals surface area (Å²) in [6, 6.07) is 1.63. The Labute approximate surface area is 106 Å². The van der Waals surface area contributed by atoms with Crippen LogP contribution >= 0.6 is 0 Å². The zero-order valence-corrected chi connectivity index (χ0v) is 10.1. The Kier molecular flexibility index (Phi) is 3.33. The van der Waals surface area contributed by atoms with E-state index in [1.54, 1.807) is 6.92 Å². The fourth-order valence-electron chi connectivity index (χ4n) is 2.01. The second kappa shape index (κ2) is 4.79. The van der Waals surface area contributed by atoms with E-state index in [-0.39, 0.29) is 29.3 Å². The monoisotopic (exact) mass is 267 g/mol. The molecule has 19 heavy (non-hydrogen) atoms. The van der Waals surface area contributed by atoms with E-state index in [2.05, 4.69) is 4.98 Å². The number of pyridine rings is 1. The van der Waals surface area contributed by atoms with Gasteiger partial charge in [0, 0.05) is 23.7 Å². The SMILES string of the molecule is Cc1[nH]c2c(F)cc(F)cc2c(=O)c1CCC(=O)O. The summed E-state index contributed by atoms with van der Waals surface area (Å²) in [4.78, 5) is 25.3. The van der Waals surface area contributed by atoms with Crippen LogP contribution in [0.1, 0.15) is 17.7 Å². The van der Waals surface area contributed by atoms with Gasteiger partial charge in [-0.05, 0) is 19.4 Å². The van der Waals surface area contributed by atoms with Gasteiger partial charge < -0.3 is 10.1 Å². The van der Waals surface area contributed by atoms with Crippen LogP contribution in [0.25, 0.3) is 10.9 Å². The normalized spacial score (nSPS) is 10.9. The smallest absolute Gasteiger partial charge is 0.303 e. The van der Waals surface area contributed by atoms with Gasteiger partial charge in [-0.15, -0.1) is 0 Å². The average Bonchev–Trinajstić information content (AvgIpc) is 2.30. The lowest BCUT2D eigenvalue weighted by molar-refractivity contribution is -0.136. The van der Waals surface area contributed by atoms with Crippen molar-refractivity contribution in [3.8, 4) is 0 Å². The quantitative estimate of drug-likeness (QED) is 0.895. The van der Waals surface area contributed by atoms with Gasteiger partial charge in [-0.1, -0.05) is 0 Å². The molecule has 1 aromatic heterocycles. The van der Waals surface area contributed by atoms with Gasteiger partial charge in [0.1, 0.15) is 11.6 Å². The van der Waals surface area contributed by atoms with Crippen molar-refractivity contribution >= 4 is 16.9 Å². The summed E-state index contributed by atoms with van der Waals surface area (Å²) in [6.45, 7) is 1.56. The van der Waals surface area contributed by atoms with Crippen molar-refractivity contribution in [2.75, 3.05) is 0 Å². The molecule has 0 aliphatic heterocycles. The Morgan fingerprint density at radius 3 is 2.68 bits per heavy atom. The van der Waals surface area contributed by atoms with E-state index in [0.29, 0.717) is 11.8 Å². The number of fused-ring (bicyclic) bond motifs is 1. The number of aliphatic carboxylic acids is 1. The third kappa shape index (κ3) is 2.47. The minimum atomic E-state index is -1.04. The highest BCUT2D eigenvalue weighted by Gasteiger charge is 2.14. The van der Waals surface area contributed by atoms with Gasteiger partial charge in [-0.3, -0.25) is 9.59 Å². The molecule has 0 unspecified atom stereocenters. The molecule has 6 heteroatoms. The lowest BCUT2D eigenvalue weighted by atomic mass is 10.0. The third-order valence-corrected chi connectivity index (χ3v) is 2.93. The highest BCUT2D eigenvalue weighted by molar-refractivity contribution is 5.80. The van der Waals surface area contributed by atoms with Crippen LogP contribution in [-0.4, -0.2) is 16.1 Å². The molecule has 0 aliphatic carbocycles. The van der Waals surface area contributed by atoms with Crippen LogP contribution in [0.3, 0.4) is 0 Å². The maximum atomic E-state index is 13.5. The van der Waals surface area contributed by atoms with E-state index in [1.165, 1.54) is 0 Å². The van der Waals surface area contributed by atoms with E-state index in [4.69, 9.17) is 5.11 Å². The van der Waals surface area contributed by atoms with E-state index < -0.39 is 23.0 Å². The summed E-state index contributed by atoms with van der Waals surface area (Å²) in [5, 5.41) is 8.52. The summed E-state index contributed by atoms with van der Waals surface area (Å²) in [6.07, 6.45) is -0.197. The van der Waals surface area contributed by atoms with Crippen LogP contribution in [-0.2, 0) is 11.2 Å². The molecule has 0 aliphatic rings. The molecule has 2 rings (SSSR count). The predicted octanol–water partition coefficient (Wildman–Crippen LogP) is 2.13. The predicted molar refractivity (Wildman–Crippen MR) is 65.2 cm³/mol. The molecule has 2 aromatic rings. The molecule has 4 nitrogen and oxygen atoms in total. The van der Waals surface area contributed by atoms with Crippen LogP contribution < -0.4 is 5.43 Å². The van der Waals surface area contributed by atoms with Crippen molar-refractivity contribution in [3.05, 3.63) is 45.2 Å². The molecular formula is C13H11F2NO3. The number of halogens is 2. The van der Waals surface area contributed by atoms with E-state index >= 15 is 0 Å². The van der Waals surface area contributed by atoms with Gasteiger partial charge in [-0.25, -0.2) is 8.78 Å². The average molecular weight is 267 g/mol. The summed E-state index contributed by atoms with van der Waals surface area (Å²) < 4.78 is 26.7. The van der Waals surface area contributed by atoms with Crippen LogP contribution in [0.2, 0.25) is 0 Å². The first-order valence-electron chi connectivity index (χ1n) is 5.62. The van der Waals surface area contributed by atoms with Gasteiger partial charge >= 0.3 is 5.97 Å². The van der Waals surface area contributed by atoms with Crippen molar-refractivity contribution in [3.63, 3.8) is 0 Å². The van der Waals surface area contributed by atoms with Gasteiger partial charge in [0.05, 0.1) is 10.9 Å². The molecule has 2 N–H and O–H groups in total. The van der Waals surface area contributed by atoms with Crippen molar-refractivity contribution < 1.29 is 18.7 Å². The number of benzene rings is 1. The molecule has 0 radical (unpaired) electrons. The highest BCUT2D eigenvalue weighted by Crippen LogP contribution is 2.17. The van der Waals surface area contributed by atoms with Crippen molar-refractivity contribution in [2.24, 2.45) is 0 Å². The molecule has 0 spiro atoms. The lowest BCUT2D eigenvalue weighted by Crippen LogP contribution is -2.15. The molecular weight excluding hydrogens is 256 g/mol. The van der Waals surface area contributed by atoms with E-state index in [0.717, 1.165) is 6.07 Å². The Bertz CT molecular complexity index is 722. The van der Waals surface area contributed by atoms with Crippen molar-refractivity contribution in [2.45, 2.75) is 19.8 Å². The number of carbonyl (C=O) groups is 1. The first-order chi connectivity index (χ1) is 8.90. The molecule has 0 saturated carbocycles. The second-order valence-corrected chi connectivity index (χ2v) is 4.26. The van der Waals surface area contributed by atoms with E-state index in [9.17, 15) is 18.4 Å². The molecule has 0 amide bonds. The van der Waals surface area contributed by atoms with Gasteiger partial charge in [0.2, 0.25) is 0 Å². The number of aromatic amines is 1. The largest absolute Gasteiger partial charge is 0.481 e. The topological polar surface area (TPSA) is 70.2 Å². The van der Waals surface area contributed by atoms with Crippen LogP contribution in [0, 0.1) is 18.6 Å². The summed E-state index contributed by atoms with van der Waals surface area (Å²) in [5.41, 5.74) is 0.0260. The molecule has 0 fully saturated rings. The Morgan fingerprint density at radius 2 is 2.05 bits per heavy atom. The number of aromatic nitrogens is 1. The number of hydrogen-bond donors (Lipinski definition) is 2. The first-order valence-corrected chi connectivity index (χ1v) is 5.62. The van der Waals surface area contributed by atoms with Gasteiger partial charge in [0.15, 0.2) is 5.43 Å². The standard InChI is InChI=1S/C13H11F2NO3/c1-6-8(2-3-11(17)18)13(19)9-4-7(14)5-10(15)12(9)16-6/h4-5H,2-3H2,1H3,(H,16,19)(H,17,18). The fraction of sp³-hybridized carbons (Fsp3) is 0.231. The number of H-pyrrole nitrogens is 1. The molecule has 0 atom stereocenters. The Balaban J connectivity index is 2.67. The van der Waals surface area contributed by atoms with Crippen LogP contribution in [0.5, 0.6) is 0 Å². The number of hydrogen-bond acceptors (Lipinski definition) is 2. The maximum Gasteiger partial charge on any atom is 0.303 e. The molecule has 0 bridgehead atoms. The first kappa shape index (κ1) is 13.2. The minimum absolute atomic E-state index is 0.0184. The zero-order valence-electron chi connectivity index (χ0n) is 10.1.